The van der Waals surface area contributed by atoms with Crippen LogP contribution in [-0.4, -0.2) is 23.5 Å². The number of halogens is 4. The normalized spacial score (nSPS) is 32.2. The van der Waals surface area contributed by atoms with E-state index in [1.807, 2.05) is 5.32 Å². The summed E-state index contributed by atoms with van der Waals surface area (Å²) in [7, 11) is 0. The van der Waals surface area contributed by atoms with Gasteiger partial charge in [-0.1, -0.05) is 29.5 Å². The molecule has 0 saturated heterocycles. The number of hydrogen-bond donors (Lipinski definition) is 1. The predicted octanol–water partition coefficient (Wildman–Crippen LogP) is 3.40. The molecule has 1 saturated carbocycles. The average Bonchev–Trinajstić information content (AvgIpc) is 3.19. The Kier molecular flexibility index (Phi) is 3.28. The number of hydrogen-bond acceptors (Lipinski definition) is 1. The molecule has 1 fully saturated rings. The van der Waals surface area contributed by atoms with Gasteiger partial charge >= 0.3 is 12.2 Å². The summed E-state index contributed by atoms with van der Waals surface area (Å²) in [6, 6.07) is -0.991. The average molecular weight is 317 g/mol. The van der Waals surface area contributed by atoms with Crippen LogP contribution >= 0.6 is 11.6 Å². The van der Waals surface area contributed by atoms with E-state index in [-0.39, 0.29) is 18.1 Å². The van der Waals surface area contributed by atoms with Crippen molar-refractivity contribution in [2.24, 2.45) is 16.8 Å². The molecule has 0 bridgehead atoms. The first kappa shape index (κ1) is 14.5. The van der Waals surface area contributed by atoms with Crippen LogP contribution in [-0.2, 0) is 0 Å². The second kappa shape index (κ2) is 4.77. The molecule has 0 aromatic rings. The van der Waals surface area contributed by atoms with Crippen molar-refractivity contribution in [1.82, 2.24) is 5.32 Å². The maximum atomic E-state index is 13.7. The van der Waals surface area contributed by atoms with Crippen LogP contribution in [0, 0.1) is 23.7 Å². The number of aliphatic imine (C=N–C) groups is 1. The Morgan fingerprint density at radius 1 is 1.38 bits per heavy atom. The van der Waals surface area contributed by atoms with Crippen LogP contribution in [0.1, 0.15) is 25.7 Å². The van der Waals surface area contributed by atoms with Crippen LogP contribution in [0.15, 0.2) is 16.1 Å². The van der Waals surface area contributed by atoms with E-state index >= 15 is 0 Å². The van der Waals surface area contributed by atoms with Crippen molar-refractivity contribution in [1.29, 1.82) is 0 Å². The lowest BCUT2D eigenvalue weighted by Crippen LogP contribution is -2.66. The van der Waals surface area contributed by atoms with E-state index in [0.29, 0.717) is 11.5 Å². The molecule has 3 rings (SSSR count). The molecule has 112 valence electrons. The van der Waals surface area contributed by atoms with Crippen molar-refractivity contribution in [2.75, 3.05) is 0 Å². The quantitative estimate of drug-likeness (QED) is 0.684. The van der Waals surface area contributed by atoms with Crippen LogP contribution in [0.5, 0.6) is 0 Å². The summed E-state index contributed by atoms with van der Waals surface area (Å²) < 4.78 is 41.1. The molecule has 0 aromatic heterocycles. The minimum atomic E-state index is -4.71. The van der Waals surface area contributed by atoms with E-state index in [0.717, 1.165) is 12.8 Å². The van der Waals surface area contributed by atoms with Crippen LogP contribution in [0.3, 0.4) is 0 Å². The molecule has 1 heterocycles. The molecule has 3 nitrogen and oxygen atoms in total. The highest BCUT2D eigenvalue weighted by atomic mass is 35.5. The Bertz CT molecular complexity index is 610. The molecule has 21 heavy (non-hydrogen) atoms. The fourth-order valence-corrected chi connectivity index (χ4v) is 2.76. The third kappa shape index (κ3) is 2.55. The van der Waals surface area contributed by atoms with Crippen molar-refractivity contribution >= 4 is 23.3 Å². The number of carbonyl (C=O) groups is 1. The van der Waals surface area contributed by atoms with Crippen LogP contribution < -0.4 is 5.32 Å². The Hall–Kier alpha value is -1.48. The summed E-state index contributed by atoms with van der Waals surface area (Å²) in [5.74, 6) is 3.77. The van der Waals surface area contributed by atoms with E-state index in [1.54, 1.807) is 0 Å². The standard InChI is InChI=1S/C14H12ClF3N2O/c15-9-3-4-11-10(7-9)13(14(16,17)18,20-12(21)19-11)6-5-8-1-2-8/h7-8,10H,1-4H2,(H,20,21). The second-order valence-electron chi connectivity index (χ2n) is 5.47. The molecular formula is C14H12ClF3N2O. The maximum absolute atomic E-state index is 13.7. The van der Waals surface area contributed by atoms with Crippen LogP contribution in [0.25, 0.3) is 0 Å². The summed E-state index contributed by atoms with van der Waals surface area (Å²) in [5, 5.41) is 2.29. The number of carbonyl (C=O) groups excluding carboxylic acids is 1. The lowest BCUT2D eigenvalue weighted by Gasteiger charge is -2.41. The predicted molar refractivity (Wildman–Crippen MR) is 71.9 cm³/mol. The van der Waals surface area contributed by atoms with Crippen molar-refractivity contribution in [3.8, 4) is 11.8 Å². The first-order valence-electron chi connectivity index (χ1n) is 6.67. The highest BCUT2D eigenvalue weighted by Gasteiger charge is 2.62. The van der Waals surface area contributed by atoms with E-state index < -0.39 is 23.7 Å². The Labute approximate surface area is 124 Å². The van der Waals surface area contributed by atoms with Crippen molar-refractivity contribution in [3.05, 3.63) is 11.1 Å². The lowest BCUT2D eigenvalue weighted by atomic mass is 9.75. The van der Waals surface area contributed by atoms with Gasteiger partial charge in [-0.25, -0.2) is 9.79 Å². The van der Waals surface area contributed by atoms with Gasteiger partial charge in [0.05, 0.1) is 5.92 Å². The van der Waals surface area contributed by atoms with Gasteiger partial charge in [-0.3, -0.25) is 0 Å². The molecule has 7 heteroatoms. The molecule has 0 spiro atoms. The zero-order valence-corrected chi connectivity index (χ0v) is 11.7. The molecule has 2 atom stereocenters. The number of nitrogens with zero attached hydrogens (tertiary/aromatic N) is 1. The number of allylic oxidation sites excluding steroid dienone is 1. The van der Waals surface area contributed by atoms with E-state index in [4.69, 9.17) is 11.6 Å². The van der Waals surface area contributed by atoms with Gasteiger partial charge < -0.3 is 5.32 Å². The summed E-state index contributed by atoms with van der Waals surface area (Å²) in [6.07, 6.45) is -1.14. The first-order valence-corrected chi connectivity index (χ1v) is 7.05. The Balaban J connectivity index is 2.13. The number of rotatable bonds is 0. The second-order valence-corrected chi connectivity index (χ2v) is 5.96. The smallest absolute Gasteiger partial charge is 0.311 e. The third-order valence-corrected chi connectivity index (χ3v) is 4.16. The summed E-state index contributed by atoms with van der Waals surface area (Å²) >= 11 is 5.90. The maximum Gasteiger partial charge on any atom is 0.424 e. The zero-order valence-electron chi connectivity index (χ0n) is 10.9. The fraction of sp³-hybridized carbons (Fsp3) is 0.571. The highest BCUT2D eigenvalue weighted by Crippen LogP contribution is 2.43. The van der Waals surface area contributed by atoms with E-state index in [2.05, 4.69) is 16.8 Å². The topological polar surface area (TPSA) is 41.5 Å². The van der Waals surface area contributed by atoms with Gasteiger partial charge in [-0.05, 0) is 25.7 Å². The van der Waals surface area contributed by atoms with Gasteiger partial charge in [-0.2, -0.15) is 13.2 Å². The van der Waals surface area contributed by atoms with Gasteiger partial charge in [0.2, 0.25) is 5.54 Å². The summed E-state index contributed by atoms with van der Waals surface area (Å²) in [6.45, 7) is 0. The molecular weight excluding hydrogens is 305 g/mol. The van der Waals surface area contributed by atoms with Gasteiger partial charge in [-0.15, -0.1) is 0 Å². The van der Waals surface area contributed by atoms with Crippen molar-refractivity contribution < 1.29 is 18.0 Å². The van der Waals surface area contributed by atoms with Crippen molar-refractivity contribution in [2.45, 2.75) is 37.4 Å². The van der Waals surface area contributed by atoms with E-state index in [1.165, 1.54) is 6.08 Å². The van der Waals surface area contributed by atoms with Gasteiger partial charge in [0.25, 0.3) is 0 Å². The minimum absolute atomic E-state index is 0.00788. The molecule has 2 aliphatic carbocycles. The Morgan fingerprint density at radius 3 is 2.71 bits per heavy atom. The monoisotopic (exact) mass is 316 g/mol. The van der Waals surface area contributed by atoms with Crippen LogP contribution in [0.4, 0.5) is 18.0 Å². The number of urea groups is 1. The molecule has 0 aromatic carbocycles. The largest absolute Gasteiger partial charge is 0.424 e. The molecule has 2 unspecified atom stereocenters. The first-order chi connectivity index (χ1) is 9.82. The fourth-order valence-electron chi connectivity index (χ4n) is 2.54. The zero-order chi connectivity index (χ0) is 15.3. The number of fused-ring (bicyclic) bond motifs is 1. The van der Waals surface area contributed by atoms with Gasteiger partial charge in [0.15, 0.2) is 0 Å². The highest BCUT2D eigenvalue weighted by molar-refractivity contribution is 6.30. The number of alkyl halides is 3. The van der Waals surface area contributed by atoms with E-state index in [9.17, 15) is 18.0 Å². The number of nitrogens with one attached hydrogen (secondary N) is 1. The molecule has 2 amide bonds. The molecule has 3 aliphatic rings. The van der Waals surface area contributed by atoms with Gasteiger partial charge in [0, 0.05) is 16.7 Å². The van der Waals surface area contributed by atoms with Gasteiger partial charge in [0.1, 0.15) is 0 Å². The molecule has 1 aliphatic heterocycles. The SMILES string of the molecule is O=C1N=C2CCC(Cl)=CC2C(C#CC2CC2)(C(F)(F)F)N1. The third-order valence-electron chi connectivity index (χ3n) is 3.84. The molecule has 0 radical (unpaired) electrons. The lowest BCUT2D eigenvalue weighted by molar-refractivity contribution is -0.180. The Morgan fingerprint density at radius 2 is 2.10 bits per heavy atom. The summed E-state index contributed by atoms with van der Waals surface area (Å²) in [5.41, 5.74) is -2.42. The minimum Gasteiger partial charge on any atom is -0.311 e. The summed E-state index contributed by atoms with van der Waals surface area (Å²) in [4.78, 5) is 15.3. The van der Waals surface area contributed by atoms with Crippen LogP contribution in [0.2, 0.25) is 0 Å². The van der Waals surface area contributed by atoms with Crippen molar-refractivity contribution in [3.63, 3.8) is 0 Å². The number of amides is 2. The molecule has 1 N–H and O–H groups in total.